The lowest BCUT2D eigenvalue weighted by Gasteiger charge is -2.03. The van der Waals surface area contributed by atoms with Crippen LogP contribution in [0, 0.1) is 0 Å². The van der Waals surface area contributed by atoms with Crippen molar-refractivity contribution in [1.82, 2.24) is 15.4 Å². The van der Waals surface area contributed by atoms with Crippen LogP contribution in [0.15, 0.2) is 16.1 Å². The molecule has 0 spiro atoms. The molecular weight excluding hydrogens is 334 g/mol. The maximum absolute atomic E-state index is 4.15. The molecule has 0 aromatic carbocycles. The van der Waals surface area contributed by atoms with E-state index in [2.05, 4.69) is 35.3 Å². The highest BCUT2D eigenvalue weighted by Crippen LogP contribution is 2.23. The van der Waals surface area contributed by atoms with Gasteiger partial charge in [0.05, 0.1) is 0 Å². The highest BCUT2D eigenvalue weighted by atomic mass is 32.2. The summed E-state index contributed by atoms with van der Waals surface area (Å²) < 4.78 is 0. The molecule has 0 aliphatic heterocycles. The third kappa shape index (κ3) is 12.1. The molecule has 1 rings (SSSR count). The van der Waals surface area contributed by atoms with E-state index in [4.69, 9.17) is 0 Å². The van der Waals surface area contributed by atoms with Gasteiger partial charge in [-0.1, -0.05) is 78.1 Å². The Labute approximate surface area is 157 Å². The fourth-order valence-electron chi connectivity index (χ4n) is 2.53. The second-order valence-electron chi connectivity index (χ2n) is 6.34. The summed E-state index contributed by atoms with van der Waals surface area (Å²) in [4.78, 5) is 0. The first-order valence-corrected chi connectivity index (χ1v) is 11.8. The van der Waals surface area contributed by atoms with Crippen molar-refractivity contribution in [2.45, 2.75) is 101 Å². The van der Waals surface area contributed by atoms with Gasteiger partial charge in [0.25, 0.3) is 0 Å². The molecule has 0 N–H and O–H groups in total. The van der Waals surface area contributed by atoms with E-state index in [1.54, 1.807) is 0 Å². The fraction of sp³-hybridized carbons (Fsp3) is 0.842. The van der Waals surface area contributed by atoms with Crippen LogP contribution in [0.3, 0.4) is 0 Å². The quantitative estimate of drug-likeness (QED) is 0.237. The van der Waals surface area contributed by atoms with E-state index in [0.717, 1.165) is 21.6 Å². The number of nitrogens with zero attached hydrogens (tertiary/aromatic N) is 3. The highest BCUT2D eigenvalue weighted by Gasteiger charge is 2.02. The van der Waals surface area contributed by atoms with Crippen molar-refractivity contribution in [3.8, 4) is 0 Å². The van der Waals surface area contributed by atoms with Crippen molar-refractivity contribution < 1.29 is 0 Å². The zero-order valence-electron chi connectivity index (χ0n) is 15.6. The number of rotatable bonds is 16. The van der Waals surface area contributed by atoms with E-state index < -0.39 is 0 Å². The van der Waals surface area contributed by atoms with Crippen LogP contribution in [0.5, 0.6) is 0 Å². The van der Waals surface area contributed by atoms with Crippen molar-refractivity contribution in [3.05, 3.63) is 6.07 Å². The van der Waals surface area contributed by atoms with E-state index >= 15 is 0 Å². The maximum Gasteiger partial charge on any atom is 0.123 e. The molecule has 1 aromatic rings. The summed E-state index contributed by atoms with van der Waals surface area (Å²) in [5.41, 5.74) is 0. The van der Waals surface area contributed by atoms with Crippen LogP contribution < -0.4 is 0 Å². The van der Waals surface area contributed by atoms with Crippen molar-refractivity contribution in [3.63, 3.8) is 0 Å². The molecular formula is C19H35N3S2. The number of thioether (sulfide) groups is 2. The largest absolute Gasteiger partial charge is 0.124 e. The minimum Gasteiger partial charge on any atom is -0.124 e. The minimum absolute atomic E-state index is 1.03. The van der Waals surface area contributed by atoms with Crippen molar-refractivity contribution >= 4 is 23.5 Å². The van der Waals surface area contributed by atoms with Crippen LogP contribution in [0.4, 0.5) is 0 Å². The van der Waals surface area contributed by atoms with Gasteiger partial charge in [-0.3, -0.25) is 0 Å². The summed E-state index contributed by atoms with van der Waals surface area (Å²) in [5, 5.41) is 14.3. The Morgan fingerprint density at radius 1 is 0.625 bits per heavy atom. The van der Waals surface area contributed by atoms with E-state index in [-0.39, 0.29) is 0 Å². The van der Waals surface area contributed by atoms with Gasteiger partial charge < -0.3 is 0 Å². The van der Waals surface area contributed by atoms with Crippen LogP contribution in [-0.2, 0) is 0 Å². The first-order valence-electron chi connectivity index (χ1n) is 9.82. The smallest absolute Gasteiger partial charge is 0.123 e. The summed E-state index contributed by atoms with van der Waals surface area (Å²) >= 11 is 3.65. The molecule has 0 radical (unpaired) electrons. The lowest BCUT2D eigenvalue weighted by atomic mass is 10.1. The maximum atomic E-state index is 4.15. The Bertz CT molecular complexity index is 369. The number of unbranched alkanes of at least 4 members (excludes halogenated alkanes) is 10. The van der Waals surface area contributed by atoms with Gasteiger partial charge in [-0.15, -0.1) is 33.7 Å². The molecule has 0 saturated heterocycles. The molecule has 138 valence electrons. The second kappa shape index (κ2) is 16.2. The van der Waals surface area contributed by atoms with Gasteiger partial charge in [-0.05, 0) is 29.6 Å². The van der Waals surface area contributed by atoms with Gasteiger partial charge >= 0.3 is 0 Å². The first kappa shape index (κ1) is 21.8. The third-order valence-corrected chi connectivity index (χ3v) is 6.01. The summed E-state index contributed by atoms with van der Waals surface area (Å²) in [6.45, 7) is 4.53. The summed E-state index contributed by atoms with van der Waals surface area (Å²) in [6, 6.07) is 2.11. The topological polar surface area (TPSA) is 38.7 Å². The Hall–Kier alpha value is -0.290. The molecule has 3 nitrogen and oxygen atoms in total. The predicted octanol–water partition coefficient (Wildman–Crippen LogP) is 6.78. The standard InChI is InChI=1S/C19H35N3S2/c1-3-5-7-9-11-13-15-23-18-17-19(21-22-20-18)24-16-14-12-10-8-6-4-2/h17H,3-16H2,1-2H3. The zero-order valence-corrected chi connectivity index (χ0v) is 17.3. The first-order chi connectivity index (χ1) is 11.9. The third-order valence-electron chi connectivity index (χ3n) is 4.03. The molecule has 1 aromatic heterocycles. The van der Waals surface area contributed by atoms with E-state index in [9.17, 15) is 0 Å². The Morgan fingerprint density at radius 3 is 1.50 bits per heavy atom. The molecule has 0 unspecified atom stereocenters. The van der Waals surface area contributed by atoms with Gasteiger partial charge in [-0.25, -0.2) is 0 Å². The molecule has 1 heterocycles. The molecule has 24 heavy (non-hydrogen) atoms. The summed E-state index contributed by atoms with van der Waals surface area (Å²) in [5.74, 6) is 2.29. The normalized spacial score (nSPS) is 11.1. The minimum atomic E-state index is 1.03. The van der Waals surface area contributed by atoms with Gasteiger partial charge in [0.2, 0.25) is 0 Å². The molecule has 0 atom stereocenters. The van der Waals surface area contributed by atoms with Gasteiger partial charge in [0, 0.05) is 6.07 Å². The highest BCUT2D eigenvalue weighted by molar-refractivity contribution is 8.00. The number of aromatic nitrogens is 3. The molecule has 5 heteroatoms. The molecule has 0 fully saturated rings. The average Bonchev–Trinajstić information content (AvgIpc) is 2.60. The lowest BCUT2D eigenvalue weighted by Crippen LogP contribution is -1.93. The van der Waals surface area contributed by atoms with E-state index in [0.29, 0.717) is 0 Å². The monoisotopic (exact) mass is 369 g/mol. The summed E-state index contributed by atoms with van der Waals surface area (Å²) in [7, 11) is 0. The molecule has 0 amide bonds. The van der Waals surface area contributed by atoms with Crippen molar-refractivity contribution in [2.24, 2.45) is 0 Å². The van der Waals surface area contributed by atoms with Crippen LogP contribution in [0.25, 0.3) is 0 Å². The molecule has 0 bridgehead atoms. The molecule has 0 aliphatic rings. The Kier molecular flexibility index (Phi) is 14.7. The van der Waals surface area contributed by atoms with Crippen LogP contribution in [-0.4, -0.2) is 26.9 Å². The summed E-state index contributed by atoms with van der Waals surface area (Å²) in [6.07, 6.45) is 16.1. The zero-order chi connectivity index (χ0) is 17.3. The van der Waals surface area contributed by atoms with Crippen LogP contribution in [0.1, 0.15) is 90.9 Å². The van der Waals surface area contributed by atoms with Gasteiger partial charge in [0.1, 0.15) is 10.1 Å². The average molecular weight is 370 g/mol. The van der Waals surface area contributed by atoms with Gasteiger partial charge in [-0.2, -0.15) is 0 Å². The number of hydrogen-bond donors (Lipinski definition) is 0. The molecule has 0 saturated carbocycles. The Morgan fingerprint density at radius 2 is 1.04 bits per heavy atom. The second-order valence-corrected chi connectivity index (χ2v) is 8.57. The van der Waals surface area contributed by atoms with Crippen molar-refractivity contribution in [2.75, 3.05) is 11.5 Å². The van der Waals surface area contributed by atoms with Crippen molar-refractivity contribution in [1.29, 1.82) is 0 Å². The van der Waals surface area contributed by atoms with Gasteiger partial charge in [0.15, 0.2) is 0 Å². The van der Waals surface area contributed by atoms with E-state index in [1.807, 2.05) is 23.5 Å². The predicted molar refractivity (Wildman–Crippen MR) is 108 cm³/mol. The SMILES string of the molecule is CCCCCCCCSc1cc(SCCCCCCCC)nnn1. The lowest BCUT2D eigenvalue weighted by molar-refractivity contribution is 0.626. The Balaban J connectivity index is 2.08. The fourth-order valence-corrected chi connectivity index (χ4v) is 4.30. The van der Waals surface area contributed by atoms with Crippen LogP contribution in [0.2, 0.25) is 0 Å². The molecule has 0 aliphatic carbocycles. The number of hydrogen-bond acceptors (Lipinski definition) is 5. The van der Waals surface area contributed by atoms with E-state index in [1.165, 1.54) is 77.0 Å². The van der Waals surface area contributed by atoms with Crippen LogP contribution >= 0.6 is 23.5 Å².